The molecular formula is C23H23BrN2O4S. The summed E-state index contributed by atoms with van der Waals surface area (Å²) in [5.74, 6) is 0.124. The topological polar surface area (TPSA) is 84.5 Å². The van der Waals surface area contributed by atoms with E-state index >= 15 is 0 Å². The third-order valence-electron chi connectivity index (χ3n) is 4.47. The zero-order valence-electron chi connectivity index (χ0n) is 16.9. The van der Waals surface area contributed by atoms with Gasteiger partial charge < -0.3 is 10.1 Å². The van der Waals surface area contributed by atoms with Crippen LogP contribution in [0.25, 0.3) is 0 Å². The van der Waals surface area contributed by atoms with E-state index in [1.807, 2.05) is 43.3 Å². The number of sulfonamides is 1. The molecule has 1 amide bonds. The van der Waals surface area contributed by atoms with Crippen molar-refractivity contribution in [3.05, 3.63) is 88.9 Å². The van der Waals surface area contributed by atoms with Crippen LogP contribution in [0.4, 0.5) is 5.69 Å². The highest BCUT2D eigenvalue weighted by Crippen LogP contribution is 2.22. The van der Waals surface area contributed by atoms with Gasteiger partial charge >= 0.3 is 0 Å². The van der Waals surface area contributed by atoms with Gasteiger partial charge in [-0.3, -0.25) is 4.79 Å². The molecule has 0 heterocycles. The van der Waals surface area contributed by atoms with Crippen LogP contribution in [0.5, 0.6) is 5.75 Å². The smallest absolute Gasteiger partial charge is 0.242 e. The molecule has 0 spiro atoms. The fourth-order valence-electron chi connectivity index (χ4n) is 2.96. The van der Waals surface area contributed by atoms with Crippen LogP contribution in [0.2, 0.25) is 0 Å². The number of amides is 1. The second-order valence-electron chi connectivity index (χ2n) is 6.74. The van der Waals surface area contributed by atoms with Gasteiger partial charge in [-0.2, -0.15) is 4.72 Å². The lowest BCUT2D eigenvalue weighted by Crippen LogP contribution is -2.45. The number of carbonyl (C=O) groups is 1. The predicted octanol–water partition coefficient (Wildman–Crippen LogP) is 4.38. The van der Waals surface area contributed by atoms with Crippen molar-refractivity contribution in [3.8, 4) is 5.75 Å². The summed E-state index contributed by atoms with van der Waals surface area (Å²) in [4.78, 5) is 13.1. The second-order valence-corrected chi connectivity index (χ2v) is 9.31. The van der Waals surface area contributed by atoms with Gasteiger partial charge in [-0.25, -0.2) is 8.42 Å². The molecule has 0 radical (unpaired) electrons. The number of halogens is 1. The van der Waals surface area contributed by atoms with Gasteiger partial charge in [-0.15, -0.1) is 0 Å². The van der Waals surface area contributed by atoms with Gasteiger partial charge in [0.05, 0.1) is 17.2 Å². The van der Waals surface area contributed by atoms with E-state index in [1.165, 1.54) is 12.1 Å². The predicted molar refractivity (Wildman–Crippen MR) is 125 cm³/mol. The molecule has 0 saturated carbocycles. The van der Waals surface area contributed by atoms with Crippen molar-refractivity contribution in [1.82, 2.24) is 4.72 Å². The number of rotatable bonds is 9. The maximum Gasteiger partial charge on any atom is 0.242 e. The summed E-state index contributed by atoms with van der Waals surface area (Å²) in [6.07, 6.45) is 0.202. The summed E-state index contributed by atoms with van der Waals surface area (Å²) >= 11 is 3.39. The first-order chi connectivity index (χ1) is 14.9. The van der Waals surface area contributed by atoms with E-state index in [0.717, 1.165) is 5.56 Å². The van der Waals surface area contributed by atoms with Crippen molar-refractivity contribution in [2.75, 3.05) is 11.9 Å². The molecule has 0 aliphatic rings. The number of hydrogen-bond donors (Lipinski definition) is 2. The van der Waals surface area contributed by atoms with Crippen molar-refractivity contribution in [3.63, 3.8) is 0 Å². The maximum atomic E-state index is 13.0. The van der Waals surface area contributed by atoms with Crippen LogP contribution < -0.4 is 14.8 Å². The standard InChI is InChI=1S/C23H23BrN2O4S/c1-2-30-18-12-14-19(15-13-18)31(28,29)26-22(16-17-8-4-3-5-9-17)23(27)25-21-11-7-6-10-20(21)24/h3-15,22,26H,2,16H2,1H3,(H,25,27)/t22-/m1/s1. The van der Waals surface area contributed by atoms with E-state index < -0.39 is 22.0 Å². The Bertz CT molecular complexity index is 1120. The van der Waals surface area contributed by atoms with Gasteiger partial charge in [0.25, 0.3) is 0 Å². The molecule has 0 aliphatic heterocycles. The lowest BCUT2D eigenvalue weighted by Gasteiger charge is -2.19. The molecule has 162 valence electrons. The largest absolute Gasteiger partial charge is 0.494 e. The van der Waals surface area contributed by atoms with Crippen molar-refractivity contribution in [1.29, 1.82) is 0 Å². The Hall–Kier alpha value is -2.68. The van der Waals surface area contributed by atoms with Crippen LogP contribution in [0, 0.1) is 0 Å². The van der Waals surface area contributed by atoms with E-state index in [-0.39, 0.29) is 11.3 Å². The normalized spacial score (nSPS) is 12.2. The molecular weight excluding hydrogens is 480 g/mol. The number of carbonyl (C=O) groups excluding carboxylic acids is 1. The molecule has 3 aromatic rings. The molecule has 6 nitrogen and oxygen atoms in total. The summed E-state index contributed by atoms with van der Waals surface area (Å²) < 4.78 is 34.6. The molecule has 1 atom stereocenters. The van der Waals surface area contributed by atoms with E-state index in [0.29, 0.717) is 22.5 Å². The van der Waals surface area contributed by atoms with Gasteiger partial charge in [-0.1, -0.05) is 42.5 Å². The quantitative estimate of drug-likeness (QED) is 0.454. The molecule has 0 unspecified atom stereocenters. The number of anilines is 1. The number of nitrogens with one attached hydrogen (secondary N) is 2. The first kappa shape index (κ1) is 23.0. The SMILES string of the molecule is CCOc1ccc(S(=O)(=O)N[C@H](Cc2ccccc2)C(=O)Nc2ccccc2Br)cc1. The van der Waals surface area contributed by atoms with Gasteiger partial charge in [0, 0.05) is 4.47 Å². The van der Waals surface area contributed by atoms with Crippen LogP contribution in [0.1, 0.15) is 12.5 Å². The minimum Gasteiger partial charge on any atom is -0.494 e. The number of hydrogen-bond acceptors (Lipinski definition) is 4. The number of para-hydroxylation sites is 1. The van der Waals surface area contributed by atoms with Gasteiger partial charge in [0.2, 0.25) is 15.9 Å². The maximum absolute atomic E-state index is 13.0. The Morgan fingerprint density at radius 1 is 0.968 bits per heavy atom. The molecule has 2 N–H and O–H groups in total. The van der Waals surface area contributed by atoms with E-state index in [9.17, 15) is 13.2 Å². The molecule has 8 heteroatoms. The van der Waals surface area contributed by atoms with Crippen LogP contribution in [-0.2, 0) is 21.2 Å². The highest BCUT2D eigenvalue weighted by atomic mass is 79.9. The minimum atomic E-state index is -3.94. The van der Waals surface area contributed by atoms with Crippen molar-refractivity contribution in [2.45, 2.75) is 24.3 Å². The number of benzene rings is 3. The molecule has 0 saturated heterocycles. The lowest BCUT2D eigenvalue weighted by atomic mass is 10.1. The Morgan fingerprint density at radius 2 is 1.61 bits per heavy atom. The van der Waals surface area contributed by atoms with E-state index in [4.69, 9.17) is 4.74 Å². The van der Waals surface area contributed by atoms with E-state index in [2.05, 4.69) is 26.0 Å². The minimum absolute atomic E-state index is 0.0581. The molecule has 0 aromatic heterocycles. The van der Waals surface area contributed by atoms with Gasteiger partial charge in [0.15, 0.2) is 0 Å². The molecule has 3 rings (SSSR count). The summed E-state index contributed by atoms with van der Waals surface area (Å²) in [5.41, 5.74) is 1.40. The zero-order chi connectivity index (χ0) is 22.3. The Morgan fingerprint density at radius 3 is 2.26 bits per heavy atom. The van der Waals surface area contributed by atoms with Crippen LogP contribution >= 0.6 is 15.9 Å². The van der Waals surface area contributed by atoms with Crippen molar-refractivity contribution >= 4 is 37.5 Å². The van der Waals surface area contributed by atoms with Crippen LogP contribution in [-0.4, -0.2) is 27.0 Å². The third-order valence-corrected chi connectivity index (χ3v) is 6.65. The summed E-state index contributed by atoms with van der Waals surface area (Å²) in [6.45, 7) is 2.34. The fourth-order valence-corrected chi connectivity index (χ4v) is 4.54. The summed E-state index contributed by atoms with van der Waals surface area (Å²) in [5, 5.41) is 2.80. The van der Waals surface area contributed by atoms with Crippen LogP contribution in [0.15, 0.2) is 88.2 Å². The van der Waals surface area contributed by atoms with E-state index in [1.54, 1.807) is 30.3 Å². The molecule has 0 bridgehead atoms. The molecule has 0 aliphatic carbocycles. The highest BCUT2D eigenvalue weighted by Gasteiger charge is 2.26. The third kappa shape index (κ3) is 6.40. The number of ether oxygens (including phenoxy) is 1. The van der Waals surface area contributed by atoms with Crippen molar-refractivity contribution in [2.24, 2.45) is 0 Å². The Labute approximate surface area is 190 Å². The first-order valence-corrected chi connectivity index (χ1v) is 12.0. The average molecular weight is 503 g/mol. The zero-order valence-corrected chi connectivity index (χ0v) is 19.3. The lowest BCUT2D eigenvalue weighted by molar-refractivity contribution is -0.117. The molecule has 3 aromatic carbocycles. The van der Waals surface area contributed by atoms with Crippen molar-refractivity contribution < 1.29 is 17.9 Å². The summed E-state index contributed by atoms with van der Waals surface area (Å²) in [6, 6.07) is 21.5. The van der Waals surface area contributed by atoms with Gasteiger partial charge in [0.1, 0.15) is 11.8 Å². The van der Waals surface area contributed by atoms with Crippen LogP contribution in [0.3, 0.4) is 0 Å². The summed E-state index contributed by atoms with van der Waals surface area (Å²) in [7, 11) is -3.94. The molecule has 0 fully saturated rings. The fraction of sp³-hybridized carbons (Fsp3) is 0.174. The second kappa shape index (κ2) is 10.6. The Kier molecular flexibility index (Phi) is 7.84. The average Bonchev–Trinajstić information content (AvgIpc) is 2.76. The Balaban J connectivity index is 1.84. The van der Waals surface area contributed by atoms with Gasteiger partial charge in [-0.05, 0) is 71.2 Å². The highest BCUT2D eigenvalue weighted by molar-refractivity contribution is 9.10. The first-order valence-electron chi connectivity index (χ1n) is 9.73. The monoisotopic (exact) mass is 502 g/mol. The molecule has 31 heavy (non-hydrogen) atoms.